The first-order valence-electron chi connectivity index (χ1n) is 7.29. The average molecular weight is 261 g/mol. The third-order valence-corrected chi connectivity index (χ3v) is 3.80. The number of nitrogens with one attached hydrogen (secondary N) is 1. The zero-order chi connectivity index (χ0) is 13.7. The first-order valence-corrected chi connectivity index (χ1v) is 7.29. The van der Waals surface area contributed by atoms with Gasteiger partial charge in [-0.1, -0.05) is 32.6 Å². The van der Waals surface area contributed by atoms with E-state index in [1.54, 1.807) is 0 Å². The molecule has 5 nitrogen and oxygen atoms in total. The molecule has 0 saturated heterocycles. The molecule has 0 spiro atoms. The van der Waals surface area contributed by atoms with Crippen molar-refractivity contribution in [1.29, 1.82) is 5.26 Å². The van der Waals surface area contributed by atoms with Crippen molar-refractivity contribution in [3.05, 3.63) is 5.56 Å². The van der Waals surface area contributed by atoms with Gasteiger partial charge in [0, 0.05) is 6.54 Å². The lowest BCUT2D eigenvalue weighted by Crippen LogP contribution is -2.16. The summed E-state index contributed by atoms with van der Waals surface area (Å²) in [5.41, 5.74) is 6.59. The second-order valence-corrected chi connectivity index (χ2v) is 5.24. The van der Waals surface area contributed by atoms with Gasteiger partial charge in [0.1, 0.15) is 17.5 Å². The number of nitrogens with two attached hydrogens (primary N) is 1. The Labute approximate surface area is 114 Å². The Bertz CT molecular complexity index is 451. The fraction of sp³-hybridized carbons (Fsp3) is 0.714. The van der Waals surface area contributed by atoms with Crippen LogP contribution in [-0.2, 0) is 0 Å². The third kappa shape index (κ3) is 3.01. The van der Waals surface area contributed by atoms with E-state index in [9.17, 15) is 5.26 Å². The molecule has 1 aliphatic rings. The van der Waals surface area contributed by atoms with Gasteiger partial charge >= 0.3 is 0 Å². The summed E-state index contributed by atoms with van der Waals surface area (Å²) < 4.78 is 1.87. The normalized spacial score (nSPS) is 16.2. The lowest BCUT2D eigenvalue weighted by molar-refractivity contribution is 0.333. The SMILES string of the molecule is CCCCNc1nn(C2CCCCC2)c(N)c1C#N. The summed E-state index contributed by atoms with van der Waals surface area (Å²) >= 11 is 0. The number of nitrogen functional groups attached to an aromatic ring is 1. The van der Waals surface area contributed by atoms with Gasteiger partial charge in [-0.25, -0.2) is 4.68 Å². The molecule has 2 rings (SSSR count). The fourth-order valence-corrected chi connectivity index (χ4v) is 2.67. The van der Waals surface area contributed by atoms with Crippen LogP contribution in [0.5, 0.6) is 0 Å². The molecule has 19 heavy (non-hydrogen) atoms. The second-order valence-electron chi connectivity index (χ2n) is 5.24. The van der Waals surface area contributed by atoms with Crippen LogP contribution < -0.4 is 11.1 Å². The molecule has 0 aliphatic heterocycles. The van der Waals surface area contributed by atoms with Gasteiger partial charge in [-0.05, 0) is 19.3 Å². The molecular formula is C14H23N5. The molecule has 0 radical (unpaired) electrons. The van der Waals surface area contributed by atoms with Crippen molar-refractivity contribution in [1.82, 2.24) is 9.78 Å². The first kappa shape index (κ1) is 13.7. The Morgan fingerprint density at radius 3 is 2.79 bits per heavy atom. The minimum atomic E-state index is 0.363. The van der Waals surface area contributed by atoms with Crippen LogP contribution in [0, 0.1) is 11.3 Å². The Balaban J connectivity index is 2.17. The lowest BCUT2D eigenvalue weighted by Gasteiger charge is -2.22. The van der Waals surface area contributed by atoms with Crippen LogP contribution in [-0.4, -0.2) is 16.3 Å². The molecule has 3 N–H and O–H groups in total. The molecule has 0 amide bonds. The zero-order valence-corrected chi connectivity index (χ0v) is 11.7. The Kier molecular flexibility index (Phi) is 4.67. The number of aromatic nitrogens is 2. The molecule has 5 heteroatoms. The number of hydrogen-bond acceptors (Lipinski definition) is 4. The van der Waals surface area contributed by atoms with E-state index in [2.05, 4.69) is 23.4 Å². The van der Waals surface area contributed by atoms with E-state index in [0.717, 1.165) is 32.2 Å². The Morgan fingerprint density at radius 1 is 1.42 bits per heavy atom. The van der Waals surface area contributed by atoms with Crippen LogP contribution in [0.2, 0.25) is 0 Å². The summed E-state index contributed by atoms with van der Waals surface area (Å²) in [5.74, 6) is 1.17. The zero-order valence-electron chi connectivity index (χ0n) is 11.7. The summed E-state index contributed by atoms with van der Waals surface area (Å²) in [6.07, 6.45) is 8.17. The van der Waals surface area contributed by atoms with Crippen LogP contribution in [0.15, 0.2) is 0 Å². The highest BCUT2D eigenvalue weighted by Gasteiger charge is 2.22. The maximum Gasteiger partial charge on any atom is 0.168 e. The molecule has 1 heterocycles. The van der Waals surface area contributed by atoms with Gasteiger partial charge in [-0.2, -0.15) is 10.4 Å². The molecule has 0 aromatic carbocycles. The number of hydrogen-bond donors (Lipinski definition) is 2. The summed E-state index contributed by atoms with van der Waals surface area (Å²) in [6, 6.07) is 2.54. The molecule has 104 valence electrons. The van der Waals surface area contributed by atoms with Crippen LogP contribution in [0.4, 0.5) is 11.6 Å². The minimum absolute atomic E-state index is 0.363. The van der Waals surface area contributed by atoms with Crippen LogP contribution in [0.3, 0.4) is 0 Å². The van der Waals surface area contributed by atoms with E-state index in [1.807, 2.05) is 4.68 Å². The Hall–Kier alpha value is -1.70. The maximum atomic E-state index is 9.24. The molecule has 1 aromatic heterocycles. The summed E-state index contributed by atoms with van der Waals surface area (Å²) in [4.78, 5) is 0. The summed E-state index contributed by atoms with van der Waals surface area (Å²) in [7, 11) is 0. The second kappa shape index (κ2) is 6.46. The van der Waals surface area contributed by atoms with E-state index in [4.69, 9.17) is 5.73 Å². The van der Waals surface area contributed by atoms with E-state index in [0.29, 0.717) is 23.2 Å². The molecule has 0 atom stereocenters. The van der Waals surface area contributed by atoms with Crippen molar-refractivity contribution < 1.29 is 0 Å². The number of rotatable bonds is 5. The molecule has 1 aliphatic carbocycles. The largest absolute Gasteiger partial charge is 0.383 e. The van der Waals surface area contributed by atoms with Crippen molar-refractivity contribution >= 4 is 11.6 Å². The van der Waals surface area contributed by atoms with Crippen LogP contribution in [0.25, 0.3) is 0 Å². The van der Waals surface area contributed by atoms with Crippen molar-refractivity contribution in [2.24, 2.45) is 0 Å². The third-order valence-electron chi connectivity index (χ3n) is 3.80. The predicted molar refractivity (Wildman–Crippen MR) is 76.9 cm³/mol. The highest BCUT2D eigenvalue weighted by atomic mass is 15.4. The maximum absolute atomic E-state index is 9.24. The molecule has 1 fully saturated rings. The van der Waals surface area contributed by atoms with Crippen LogP contribution in [0.1, 0.15) is 63.5 Å². The molecule has 0 unspecified atom stereocenters. The molecule has 1 saturated carbocycles. The number of nitriles is 1. The number of unbranched alkanes of at least 4 members (excludes halogenated alkanes) is 1. The summed E-state index contributed by atoms with van der Waals surface area (Å²) in [6.45, 7) is 2.98. The molecular weight excluding hydrogens is 238 g/mol. The van der Waals surface area contributed by atoms with Crippen molar-refractivity contribution in [3.63, 3.8) is 0 Å². The van der Waals surface area contributed by atoms with Crippen molar-refractivity contribution in [3.8, 4) is 6.07 Å². The van der Waals surface area contributed by atoms with E-state index in [1.165, 1.54) is 19.3 Å². The standard InChI is InChI=1S/C14H23N5/c1-2-3-9-17-14-12(10-15)13(16)19(18-14)11-7-5-4-6-8-11/h11H,2-9,16H2,1H3,(H,17,18). The van der Waals surface area contributed by atoms with Gasteiger partial charge in [0.05, 0.1) is 6.04 Å². The molecule has 1 aromatic rings. The van der Waals surface area contributed by atoms with Gasteiger partial charge in [0.15, 0.2) is 5.82 Å². The monoisotopic (exact) mass is 261 g/mol. The van der Waals surface area contributed by atoms with Gasteiger partial charge < -0.3 is 11.1 Å². The van der Waals surface area contributed by atoms with Gasteiger partial charge in [-0.3, -0.25) is 0 Å². The van der Waals surface area contributed by atoms with Gasteiger partial charge in [0.2, 0.25) is 0 Å². The summed E-state index contributed by atoms with van der Waals surface area (Å²) in [5, 5.41) is 17.0. The lowest BCUT2D eigenvalue weighted by atomic mass is 9.96. The van der Waals surface area contributed by atoms with Crippen molar-refractivity contribution in [2.45, 2.75) is 57.9 Å². The minimum Gasteiger partial charge on any atom is -0.383 e. The fourth-order valence-electron chi connectivity index (χ4n) is 2.67. The molecule has 0 bridgehead atoms. The van der Waals surface area contributed by atoms with Crippen LogP contribution >= 0.6 is 0 Å². The van der Waals surface area contributed by atoms with Gasteiger partial charge in [0.25, 0.3) is 0 Å². The predicted octanol–water partition coefficient (Wildman–Crippen LogP) is 3.05. The average Bonchev–Trinajstić information content (AvgIpc) is 2.76. The highest BCUT2D eigenvalue weighted by molar-refractivity contribution is 5.63. The van der Waals surface area contributed by atoms with E-state index in [-0.39, 0.29) is 0 Å². The highest BCUT2D eigenvalue weighted by Crippen LogP contribution is 2.32. The smallest absolute Gasteiger partial charge is 0.168 e. The van der Waals surface area contributed by atoms with E-state index >= 15 is 0 Å². The van der Waals surface area contributed by atoms with E-state index < -0.39 is 0 Å². The first-order chi connectivity index (χ1) is 9.27. The number of anilines is 2. The van der Waals surface area contributed by atoms with Crippen molar-refractivity contribution in [2.75, 3.05) is 17.6 Å². The Morgan fingerprint density at radius 2 is 2.16 bits per heavy atom. The topological polar surface area (TPSA) is 79.7 Å². The van der Waals surface area contributed by atoms with Gasteiger partial charge in [-0.15, -0.1) is 0 Å². The number of nitrogens with zero attached hydrogens (tertiary/aromatic N) is 3. The quantitative estimate of drug-likeness (QED) is 0.798.